The smallest absolute Gasteiger partial charge is 0.287 e. The number of nitrogens with one attached hydrogen (secondary N) is 1. The van der Waals surface area contributed by atoms with Crippen LogP contribution in [0.4, 0.5) is 11.4 Å². The van der Waals surface area contributed by atoms with E-state index in [2.05, 4.69) is 5.32 Å². The summed E-state index contributed by atoms with van der Waals surface area (Å²) in [5.41, 5.74) is -0.472. The minimum Gasteiger partial charge on any atom is -0.388 e. The maximum absolute atomic E-state index is 10.7. The third-order valence-corrected chi connectivity index (χ3v) is 2.78. The zero-order valence-corrected chi connectivity index (χ0v) is 11.0. The molecular weight excluding hydrogens is 246 g/mol. The molecule has 0 aliphatic carbocycles. The maximum Gasteiger partial charge on any atom is 0.287 e. The average Bonchev–Trinajstić information content (AvgIpc) is 2.35. The van der Waals surface area contributed by atoms with Gasteiger partial charge in [0.1, 0.15) is 11.6 Å². The maximum atomic E-state index is 10.7. The van der Waals surface area contributed by atoms with Gasteiger partial charge in [0, 0.05) is 18.3 Å². The highest BCUT2D eigenvalue weighted by molar-refractivity contribution is 5.58. The van der Waals surface area contributed by atoms with Gasteiger partial charge in [-0.2, -0.15) is 5.26 Å². The third-order valence-electron chi connectivity index (χ3n) is 2.78. The normalized spacial score (nSPS) is 13.4. The van der Waals surface area contributed by atoms with Crippen LogP contribution in [0.25, 0.3) is 0 Å². The van der Waals surface area contributed by atoms with E-state index in [1.54, 1.807) is 13.0 Å². The lowest BCUT2D eigenvalue weighted by molar-refractivity contribution is -0.385. The minimum atomic E-state index is -0.844. The average molecular weight is 263 g/mol. The van der Waals surface area contributed by atoms with Crippen molar-refractivity contribution in [1.82, 2.24) is 0 Å². The number of benzene rings is 1. The van der Waals surface area contributed by atoms with Crippen molar-refractivity contribution in [2.45, 2.75) is 32.3 Å². The number of nitrogens with zero attached hydrogens (tertiary/aromatic N) is 2. The van der Waals surface area contributed by atoms with E-state index in [0.29, 0.717) is 18.7 Å². The van der Waals surface area contributed by atoms with Gasteiger partial charge in [-0.15, -0.1) is 0 Å². The quantitative estimate of drug-likeness (QED) is 0.606. The highest BCUT2D eigenvalue weighted by atomic mass is 16.6. The molecule has 0 amide bonds. The van der Waals surface area contributed by atoms with Crippen LogP contribution < -0.4 is 5.32 Å². The van der Waals surface area contributed by atoms with Crippen LogP contribution in [0.2, 0.25) is 0 Å². The molecular formula is C13H17N3O3. The van der Waals surface area contributed by atoms with Crippen LogP contribution in [0.15, 0.2) is 18.2 Å². The predicted octanol–water partition coefficient (Wildman–Crippen LogP) is 2.43. The molecule has 6 nitrogen and oxygen atoms in total. The number of nitro benzene ring substituents is 1. The van der Waals surface area contributed by atoms with Crippen molar-refractivity contribution in [1.29, 1.82) is 5.26 Å². The van der Waals surface area contributed by atoms with E-state index in [0.717, 1.165) is 6.42 Å². The second-order valence-corrected chi connectivity index (χ2v) is 4.70. The molecule has 1 rings (SSSR count). The Morgan fingerprint density at radius 1 is 1.58 bits per heavy atom. The summed E-state index contributed by atoms with van der Waals surface area (Å²) in [6, 6.07) is 6.03. The van der Waals surface area contributed by atoms with Crippen LogP contribution in [0.1, 0.15) is 32.3 Å². The van der Waals surface area contributed by atoms with Crippen molar-refractivity contribution >= 4 is 11.4 Å². The fourth-order valence-corrected chi connectivity index (χ4v) is 1.81. The zero-order valence-electron chi connectivity index (χ0n) is 11.0. The van der Waals surface area contributed by atoms with Crippen LogP contribution in [0.5, 0.6) is 0 Å². The molecule has 1 aromatic rings. The predicted molar refractivity (Wildman–Crippen MR) is 71.8 cm³/mol. The van der Waals surface area contributed by atoms with Crippen LogP contribution in [0.3, 0.4) is 0 Å². The number of hydrogen-bond acceptors (Lipinski definition) is 5. The monoisotopic (exact) mass is 263 g/mol. The van der Waals surface area contributed by atoms with Gasteiger partial charge < -0.3 is 10.4 Å². The molecule has 0 aromatic heterocycles. The van der Waals surface area contributed by atoms with E-state index in [-0.39, 0.29) is 11.3 Å². The van der Waals surface area contributed by atoms with E-state index in [1.165, 1.54) is 18.2 Å². The Morgan fingerprint density at radius 3 is 2.79 bits per heavy atom. The Morgan fingerprint density at radius 2 is 2.26 bits per heavy atom. The SMILES string of the molecule is CCCC(C)(O)CNc1ccc([N+](=O)[O-])c(C#N)c1. The molecule has 2 N–H and O–H groups in total. The van der Waals surface area contributed by atoms with E-state index in [1.807, 2.05) is 6.92 Å². The first kappa shape index (κ1) is 14.9. The molecule has 1 aromatic carbocycles. The number of aliphatic hydroxyl groups is 1. The molecule has 0 aliphatic heterocycles. The van der Waals surface area contributed by atoms with Crippen molar-refractivity contribution < 1.29 is 10.0 Å². The van der Waals surface area contributed by atoms with Gasteiger partial charge in [-0.1, -0.05) is 13.3 Å². The van der Waals surface area contributed by atoms with Gasteiger partial charge in [0.15, 0.2) is 0 Å². The first-order valence-corrected chi connectivity index (χ1v) is 6.04. The van der Waals surface area contributed by atoms with Crippen LogP contribution in [-0.2, 0) is 0 Å². The van der Waals surface area contributed by atoms with Gasteiger partial charge >= 0.3 is 0 Å². The van der Waals surface area contributed by atoms with E-state index in [4.69, 9.17) is 5.26 Å². The number of nitriles is 1. The zero-order chi connectivity index (χ0) is 14.5. The van der Waals surface area contributed by atoms with Crippen molar-refractivity contribution in [3.8, 4) is 6.07 Å². The number of hydrogen-bond donors (Lipinski definition) is 2. The molecule has 6 heteroatoms. The van der Waals surface area contributed by atoms with Gasteiger partial charge in [0.2, 0.25) is 0 Å². The van der Waals surface area contributed by atoms with E-state index < -0.39 is 10.5 Å². The molecule has 0 saturated heterocycles. The first-order valence-electron chi connectivity index (χ1n) is 6.04. The topological polar surface area (TPSA) is 99.2 Å². The van der Waals surface area contributed by atoms with Gasteiger partial charge in [-0.3, -0.25) is 10.1 Å². The number of rotatable bonds is 6. The highest BCUT2D eigenvalue weighted by Gasteiger charge is 2.19. The van der Waals surface area contributed by atoms with Gasteiger partial charge in [-0.25, -0.2) is 0 Å². The van der Waals surface area contributed by atoms with Gasteiger partial charge in [0.25, 0.3) is 5.69 Å². The fraction of sp³-hybridized carbons (Fsp3) is 0.462. The summed E-state index contributed by atoms with van der Waals surface area (Å²) in [6.07, 6.45) is 1.51. The third kappa shape index (κ3) is 4.23. The summed E-state index contributed by atoms with van der Waals surface area (Å²) >= 11 is 0. The second kappa shape index (κ2) is 6.16. The molecule has 1 unspecified atom stereocenters. The van der Waals surface area contributed by atoms with Crippen molar-refractivity contribution in [2.24, 2.45) is 0 Å². The lowest BCUT2D eigenvalue weighted by Crippen LogP contribution is -2.33. The van der Waals surface area contributed by atoms with Crippen LogP contribution in [0, 0.1) is 21.4 Å². The first-order chi connectivity index (χ1) is 8.89. The lowest BCUT2D eigenvalue weighted by Gasteiger charge is -2.23. The molecule has 0 saturated carbocycles. The minimum absolute atomic E-state index is 0.00475. The molecule has 102 valence electrons. The molecule has 0 heterocycles. The molecule has 0 fully saturated rings. The van der Waals surface area contributed by atoms with Crippen molar-refractivity contribution in [3.63, 3.8) is 0 Å². The standard InChI is InChI=1S/C13H17N3O3/c1-3-6-13(2,17)9-15-11-4-5-12(16(18)19)10(7-11)8-14/h4-5,7,15,17H,3,6,9H2,1-2H3. The lowest BCUT2D eigenvalue weighted by atomic mass is 10.0. The Balaban J connectivity index is 2.82. The van der Waals surface area contributed by atoms with Crippen LogP contribution in [-0.4, -0.2) is 22.2 Å². The Kier molecular flexibility index (Phi) is 4.84. The number of anilines is 1. The molecule has 19 heavy (non-hydrogen) atoms. The summed E-state index contributed by atoms with van der Waals surface area (Å²) in [6.45, 7) is 4.03. The fourth-order valence-electron chi connectivity index (χ4n) is 1.81. The van der Waals surface area contributed by atoms with Crippen molar-refractivity contribution in [2.75, 3.05) is 11.9 Å². The molecule has 1 atom stereocenters. The van der Waals surface area contributed by atoms with E-state index in [9.17, 15) is 15.2 Å². The summed E-state index contributed by atoms with van der Waals surface area (Å²) in [5.74, 6) is 0. The molecule has 0 bridgehead atoms. The van der Waals surface area contributed by atoms with Gasteiger partial charge in [0.05, 0.1) is 10.5 Å². The largest absolute Gasteiger partial charge is 0.388 e. The summed E-state index contributed by atoms with van der Waals surface area (Å²) in [5, 5.41) is 32.6. The summed E-state index contributed by atoms with van der Waals surface area (Å²) < 4.78 is 0. The second-order valence-electron chi connectivity index (χ2n) is 4.70. The summed E-state index contributed by atoms with van der Waals surface area (Å²) in [7, 11) is 0. The molecule has 0 spiro atoms. The van der Waals surface area contributed by atoms with Crippen molar-refractivity contribution in [3.05, 3.63) is 33.9 Å². The highest BCUT2D eigenvalue weighted by Crippen LogP contribution is 2.22. The Labute approximate surface area is 111 Å². The number of nitro groups is 1. The van der Waals surface area contributed by atoms with Gasteiger partial charge in [-0.05, 0) is 25.5 Å². The Bertz CT molecular complexity index is 506. The molecule has 0 aliphatic rings. The van der Waals surface area contributed by atoms with Crippen LogP contribution >= 0.6 is 0 Å². The Hall–Kier alpha value is -2.13. The van der Waals surface area contributed by atoms with E-state index >= 15 is 0 Å². The summed E-state index contributed by atoms with van der Waals surface area (Å²) in [4.78, 5) is 10.1. The molecule has 0 radical (unpaired) electrons.